The molecule has 0 rings (SSSR count). The van der Waals surface area contributed by atoms with Crippen LogP contribution in [0.2, 0.25) is 0 Å². The molecule has 1 atom stereocenters. The van der Waals surface area contributed by atoms with Crippen molar-refractivity contribution in [3.05, 3.63) is 0 Å². The third kappa shape index (κ3) is 4.64. The van der Waals surface area contributed by atoms with Crippen molar-refractivity contribution >= 4 is 5.91 Å². The van der Waals surface area contributed by atoms with Crippen LogP contribution in [-0.4, -0.2) is 23.9 Å². The van der Waals surface area contributed by atoms with E-state index in [4.69, 9.17) is 0 Å². The first-order valence-corrected chi connectivity index (χ1v) is 5.92. The van der Waals surface area contributed by atoms with Crippen LogP contribution in [0.1, 0.15) is 59.3 Å². The van der Waals surface area contributed by atoms with Crippen LogP contribution in [0.4, 0.5) is 0 Å². The largest absolute Gasteiger partial charge is 0.343 e. The molecule has 0 aliphatic rings. The Morgan fingerprint density at radius 2 is 1.86 bits per heavy atom. The fourth-order valence-electron chi connectivity index (χ4n) is 1.71. The van der Waals surface area contributed by atoms with Crippen molar-refractivity contribution in [3.8, 4) is 0 Å². The molecule has 0 aromatic heterocycles. The molecule has 0 radical (unpaired) electrons. The Kier molecular flexibility index (Phi) is 7.54. The molecule has 0 aromatic carbocycles. The number of amides is 1. The molecule has 14 heavy (non-hydrogen) atoms. The first kappa shape index (κ1) is 13.5. The summed E-state index contributed by atoms with van der Waals surface area (Å²) in [5.74, 6) is 0.301. The summed E-state index contributed by atoms with van der Waals surface area (Å²) < 4.78 is 0. The summed E-state index contributed by atoms with van der Waals surface area (Å²) >= 11 is 0. The Balaban J connectivity index is 4.01. The Hall–Kier alpha value is -0.530. The second-order valence-electron chi connectivity index (χ2n) is 3.96. The van der Waals surface area contributed by atoms with Crippen molar-refractivity contribution in [2.45, 2.75) is 65.3 Å². The second-order valence-corrected chi connectivity index (χ2v) is 3.96. The normalized spacial score (nSPS) is 12.6. The molecule has 0 N–H and O–H groups in total. The van der Waals surface area contributed by atoms with Crippen LogP contribution in [-0.2, 0) is 4.79 Å². The fraction of sp³-hybridized carbons (Fsp3) is 0.917. The number of carbonyl (C=O) groups is 1. The zero-order chi connectivity index (χ0) is 11.0. The Bertz CT molecular complexity index is 156. The average Bonchev–Trinajstić information content (AvgIpc) is 2.19. The third-order valence-electron chi connectivity index (χ3n) is 2.77. The molecule has 0 spiro atoms. The molecule has 1 amide bonds. The number of rotatable bonds is 7. The zero-order valence-corrected chi connectivity index (χ0v) is 10.2. The first-order valence-electron chi connectivity index (χ1n) is 5.92. The van der Waals surface area contributed by atoms with Gasteiger partial charge in [0.1, 0.15) is 0 Å². The molecule has 2 nitrogen and oxygen atoms in total. The van der Waals surface area contributed by atoms with E-state index in [1.165, 1.54) is 12.8 Å². The van der Waals surface area contributed by atoms with Crippen LogP contribution < -0.4 is 0 Å². The lowest BCUT2D eigenvalue weighted by Crippen LogP contribution is -2.36. The smallest absolute Gasteiger partial charge is 0.222 e. The van der Waals surface area contributed by atoms with Gasteiger partial charge in [-0.2, -0.15) is 0 Å². The molecule has 1 unspecified atom stereocenters. The van der Waals surface area contributed by atoms with E-state index in [0.717, 1.165) is 19.3 Å². The molecule has 84 valence electrons. The first-order chi connectivity index (χ1) is 6.67. The molecule has 0 aliphatic carbocycles. The fourth-order valence-corrected chi connectivity index (χ4v) is 1.71. The summed E-state index contributed by atoms with van der Waals surface area (Å²) in [6, 6.07) is 0.453. The summed E-state index contributed by atoms with van der Waals surface area (Å²) in [5.41, 5.74) is 0. The van der Waals surface area contributed by atoms with Crippen LogP contribution in [0.5, 0.6) is 0 Å². The highest BCUT2D eigenvalue weighted by atomic mass is 16.2. The minimum Gasteiger partial charge on any atom is -0.343 e. The minimum absolute atomic E-state index is 0.301. The maximum absolute atomic E-state index is 11.6. The highest BCUT2D eigenvalue weighted by molar-refractivity contribution is 5.76. The minimum atomic E-state index is 0.301. The van der Waals surface area contributed by atoms with Crippen molar-refractivity contribution in [1.29, 1.82) is 0 Å². The third-order valence-corrected chi connectivity index (χ3v) is 2.77. The maximum atomic E-state index is 11.6. The van der Waals surface area contributed by atoms with E-state index in [-0.39, 0.29) is 0 Å². The van der Waals surface area contributed by atoms with Gasteiger partial charge in [-0.05, 0) is 19.3 Å². The molecule has 0 saturated carbocycles. The summed E-state index contributed by atoms with van der Waals surface area (Å²) in [6.07, 6.45) is 6.31. The van der Waals surface area contributed by atoms with Gasteiger partial charge in [-0.3, -0.25) is 4.79 Å². The van der Waals surface area contributed by atoms with Crippen molar-refractivity contribution in [1.82, 2.24) is 4.90 Å². The van der Waals surface area contributed by atoms with Gasteiger partial charge < -0.3 is 4.90 Å². The molecular weight excluding hydrogens is 174 g/mol. The van der Waals surface area contributed by atoms with Gasteiger partial charge in [-0.15, -0.1) is 0 Å². The van der Waals surface area contributed by atoms with Crippen LogP contribution in [0.15, 0.2) is 0 Å². The van der Waals surface area contributed by atoms with Crippen molar-refractivity contribution in [2.75, 3.05) is 7.05 Å². The highest BCUT2D eigenvalue weighted by Gasteiger charge is 2.16. The Morgan fingerprint density at radius 1 is 1.21 bits per heavy atom. The average molecular weight is 199 g/mol. The topological polar surface area (TPSA) is 20.3 Å². The predicted octanol–water partition coefficient (Wildman–Crippen LogP) is 3.21. The van der Waals surface area contributed by atoms with Crippen molar-refractivity contribution in [3.63, 3.8) is 0 Å². The number of hydrogen-bond donors (Lipinski definition) is 0. The van der Waals surface area contributed by atoms with E-state index in [9.17, 15) is 4.79 Å². The molecule has 0 bridgehead atoms. The molecule has 0 aliphatic heterocycles. The standard InChI is InChI=1S/C12H25NO/c1-5-8-10-11(7-3)13(4)12(14)9-6-2/h11H,5-10H2,1-4H3. The summed E-state index contributed by atoms with van der Waals surface area (Å²) in [6.45, 7) is 6.41. The lowest BCUT2D eigenvalue weighted by molar-refractivity contribution is -0.132. The lowest BCUT2D eigenvalue weighted by Gasteiger charge is -2.27. The van der Waals surface area contributed by atoms with Gasteiger partial charge in [0, 0.05) is 19.5 Å². The van der Waals surface area contributed by atoms with Gasteiger partial charge in [-0.1, -0.05) is 33.6 Å². The van der Waals surface area contributed by atoms with Gasteiger partial charge in [0.15, 0.2) is 0 Å². The molecule has 0 heterocycles. The van der Waals surface area contributed by atoms with E-state index in [1.807, 2.05) is 11.9 Å². The van der Waals surface area contributed by atoms with Crippen molar-refractivity contribution in [2.24, 2.45) is 0 Å². The number of carbonyl (C=O) groups excluding carboxylic acids is 1. The Labute approximate surface area is 88.7 Å². The van der Waals surface area contributed by atoms with Gasteiger partial charge in [-0.25, -0.2) is 0 Å². The number of nitrogens with zero attached hydrogens (tertiary/aromatic N) is 1. The molecule has 0 aromatic rings. The van der Waals surface area contributed by atoms with Crippen LogP contribution in [0, 0.1) is 0 Å². The molecular formula is C12H25NO. The van der Waals surface area contributed by atoms with Gasteiger partial charge in [0.05, 0.1) is 0 Å². The van der Waals surface area contributed by atoms with Gasteiger partial charge in [0.25, 0.3) is 0 Å². The predicted molar refractivity (Wildman–Crippen MR) is 61.3 cm³/mol. The quantitative estimate of drug-likeness (QED) is 0.616. The van der Waals surface area contributed by atoms with Gasteiger partial charge in [0.2, 0.25) is 5.91 Å². The molecule has 0 fully saturated rings. The lowest BCUT2D eigenvalue weighted by atomic mass is 10.1. The SMILES string of the molecule is CCCCC(CC)N(C)C(=O)CCC. The van der Waals surface area contributed by atoms with Gasteiger partial charge >= 0.3 is 0 Å². The Morgan fingerprint density at radius 3 is 2.29 bits per heavy atom. The van der Waals surface area contributed by atoms with E-state index < -0.39 is 0 Å². The summed E-state index contributed by atoms with van der Waals surface area (Å²) in [5, 5.41) is 0. The monoisotopic (exact) mass is 199 g/mol. The molecule has 0 saturated heterocycles. The van der Waals surface area contributed by atoms with Crippen LogP contribution in [0.3, 0.4) is 0 Å². The number of hydrogen-bond acceptors (Lipinski definition) is 1. The van der Waals surface area contributed by atoms with Crippen LogP contribution >= 0.6 is 0 Å². The summed E-state index contributed by atoms with van der Waals surface area (Å²) in [7, 11) is 1.95. The van der Waals surface area contributed by atoms with Crippen molar-refractivity contribution < 1.29 is 4.79 Å². The number of unbranched alkanes of at least 4 members (excludes halogenated alkanes) is 1. The highest BCUT2D eigenvalue weighted by Crippen LogP contribution is 2.12. The van der Waals surface area contributed by atoms with E-state index in [0.29, 0.717) is 18.4 Å². The zero-order valence-electron chi connectivity index (χ0n) is 10.2. The van der Waals surface area contributed by atoms with Crippen LogP contribution in [0.25, 0.3) is 0 Å². The summed E-state index contributed by atoms with van der Waals surface area (Å²) in [4.78, 5) is 13.6. The van der Waals surface area contributed by atoms with E-state index >= 15 is 0 Å². The molecule has 2 heteroatoms. The maximum Gasteiger partial charge on any atom is 0.222 e. The van der Waals surface area contributed by atoms with E-state index in [2.05, 4.69) is 20.8 Å². The second kappa shape index (κ2) is 7.84. The van der Waals surface area contributed by atoms with E-state index in [1.54, 1.807) is 0 Å².